The van der Waals surface area contributed by atoms with Gasteiger partial charge in [0, 0.05) is 18.8 Å². The van der Waals surface area contributed by atoms with Crippen molar-refractivity contribution in [1.29, 1.82) is 0 Å². The number of piperidine rings is 1. The normalized spacial score (nSPS) is 18.3. The molecule has 6 heteroatoms. The van der Waals surface area contributed by atoms with Gasteiger partial charge in [0.1, 0.15) is 0 Å². The van der Waals surface area contributed by atoms with E-state index < -0.39 is 10.0 Å². The van der Waals surface area contributed by atoms with Crippen molar-refractivity contribution < 1.29 is 13.2 Å². The van der Waals surface area contributed by atoms with Gasteiger partial charge >= 0.3 is 0 Å². The first-order chi connectivity index (χ1) is 12.8. The molecule has 3 rings (SSSR count). The van der Waals surface area contributed by atoms with Crippen LogP contribution in [0.3, 0.4) is 0 Å². The van der Waals surface area contributed by atoms with E-state index in [2.05, 4.69) is 5.32 Å². The van der Waals surface area contributed by atoms with Crippen molar-refractivity contribution in [1.82, 2.24) is 4.31 Å². The van der Waals surface area contributed by atoms with E-state index in [1.54, 1.807) is 24.3 Å². The van der Waals surface area contributed by atoms with E-state index >= 15 is 0 Å². The van der Waals surface area contributed by atoms with E-state index in [0.717, 1.165) is 22.4 Å². The number of nitrogens with zero attached hydrogens (tertiary/aromatic N) is 1. The van der Waals surface area contributed by atoms with Crippen molar-refractivity contribution >= 4 is 21.6 Å². The maximum atomic E-state index is 12.9. The summed E-state index contributed by atoms with van der Waals surface area (Å²) in [6, 6.07) is 12.8. The second kappa shape index (κ2) is 7.82. The highest BCUT2D eigenvalue weighted by atomic mass is 32.2. The molecule has 0 bridgehead atoms. The topological polar surface area (TPSA) is 66.5 Å². The van der Waals surface area contributed by atoms with Gasteiger partial charge in [-0.2, -0.15) is 4.31 Å². The molecule has 0 aliphatic carbocycles. The summed E-state index contributed by atoms with van der Waals surface area (Å²) in [6.07, 6.45) is 1.37. The lowest BCUT2D eigenvalue weighted by Crippen LogP contribution is -2.43. The van der Waals surface area contributed by atoms with Crippen molar-refractivity contribution in [2.24, 2.45) is 5.92 Å². The van der Waals surface area contributed by atoms with Crippen molar-refractivity contribution in [3.8, 4) is 0 Å². The minimum absolute atomic E-state index is 0.118. The molecule has 0 spiro atoms. The summed E-state index contributed by atoms with van der Waals surface area (Å²) in [5.74, 6) is -0.466. The predicted molar refractivity (Wildman–Crippen MR) is 107 cm³/mol. The molecule has 0 unspecified atom stereocenters. The van der Waals surface area contributed by atoms with E-state index in [9.17, 15) is 13.2 Å². The summed E-state index contributed by atoms with van der Waals surface area (Å²) in [6.45, 7) is 6.51. The van der Waals surface area contributed by atoms with E-state index in [-0.39, 0.29) is 23.3 Å². The van der Waals surface area contributed by atoms with Crippen LogP contribution in [0.4, 0.5) is 5.69 Å². The van der Waals surface area contributed by atoms with Gasteiger partial charge in [-0.1, -0.05) is 29.8 Å². The summed E-state index contributed by atoms with van der Waals surface area (Å²) in [5.41, 5.74) is 3.87. The van der Waals surface area contributed by atoms with E-state index in [4.69, 9.17) is 0 Å². The molecular formula is C21H26N2O3S. The zero-order valence-corrected chi connectivity index (χ0v) is 16.8. The van der Waals surface area contributed by atoms with Crippen LogP contribution in [0.5, 0.6) is 0 Å². The molecule has 0 aromatic heterocycles. The second-order valence-electron chi connectivity index (χ2n) is 7.32. The molecule has 0 radical (unpaired) electrons. The van der Waals surface area contributed by atoms with Crippen LogP contribution < -0.4 is 5.32 Å². The fraction of sp³-hybridized carbons (Fsp3) is 0.381. The van der Waals surface area contributed by atoms with Crippen molar-refractivity contribution in [3.05, 3.63) is 59.2 Å². The smallest absolute Gasteiger partial charge is 0.243 e. The van der Waals surface area contributed by atoms with Crippen LogP contribution in [0.25, 0.3) is 0 Å². The molecule has 144 valence electrons. The molecule has 1 saturated heterocycles. The maximum absolute atomic E-state index is 12.9. The predicted octanol–water partition coefficient (Wildman–Crippen LogP) is 3.65. The van der Waals surface area contributed by atoms with Gasteiger partial charge < -0.3 is 5.32 Å². The Morgan fingerprint density at radius 1 is 1.04 bits per heavy atom. The Bertz CT molecular complexity index is 936. The lowest BCUT2D eigenvalue weighted by Gasteiger charge is -2.31. The molecule has 1 atom stereocenters. The molecule has 1 aliphatic heterocycles. The number of hydrogen-bond acceptors (Lipinski definition) is 3. The minimum atomic E-state index is -3.58. The zero-order valence-electron chi connectivity index (χ0n) is 16.0. The monoisotopic (exact) mass is 386 g/mol. The number of amides is 1. The number of carbonyl (C=O) groups is 1. The Morgan fingerprint density at radius 3 is 2.41 bits per heavy atom. The SMILES string of the molecule is Cc1ccc(S(=O)(=O)N2CCC[C@@H](C(=O)Nc3cc(C)ccc3C)C2)cc1. The number of anilines is 1. The molecule has 1 amide bonds. The molecule has 27 heavy (non-hydrogen) atoms. The summed E-state index contributed by atoms with van der Waals surface area (Å²) in [7, 11) is -3.58. The van der Waals surface area contributed by atoms with Gasteiger partial charge in [-0.25, -0.2) is 8.42 Å². The molecular weight excluding hydrogens is 360 g/mol. The summed E-state index contributed by atoms with van der Waals surface area (Å²) >= 11 is 0. The van der Waals surface area contributed by atoms with Gasteiger partial charge in [0.15, 0.2) is 0 Å². The summed E-state index contributed by atoms with van der Waals surface area (Å²) in [4.78, 5) is 13.0. The first-order valence-electron chi connectivity index (χ1n) is 9.22. The molecule has 5 nitrogen and oxygen atoms in total. The van der Waals surface area contributed by atoms with Crippen molar-refractivity contribution in [3.63, 3.8) is 0 Å². The standard InChI is InChI=1S/C21H26N2O3S/c1-15-7-10-19(11-8-15)27(25,26)23-12-4-5-18(14-23)21(24)22-20-13-16(2)6-9-17(20)3/h6-11,13,18H,4-5,12,14H2,1-3H3,(H,22,24)/t18-/m1/s1. The van der Waals surface area contributed by atoms with Gasteiger partial charge in [-0.15, -0.1) is 0 Å². The molecule has 2 aromatic carbocycles. The largest absolute Gasteiger partial charge is 0.326 e. The molecule has 0 saturated carbocycles. The second-order valence-corrected chi connectivity index (χ2v) is 9.26. The quantitative estimate of drug-likeness (QED) is 0.872. The summed E-state index contributed by atoms with van der Waals surface area (Å²) in [5, 5.41) is 2.98. The Kier molecular flexibility index (Phi) is 5.67. The van der Waals surface area contributed by atoms with E-state index in [1.165, 1.54) is 4.31 Å². The number of nitrogens with one attached hydrogen (secondary N) is 1. The Morgan fingerprint density at radius 2 is 1.70 bits per heavy atom. The highest BCUT2D eigenvalue weighted by Crippen LogP contribution is 2.26. The van der Waals surface area contributed by atoms with Crippen molar-refractivity contribution in [2.45, 2.75) is 38.5 Å². The fourth-order valence-corrected chi connectivity index (χ4v) is 4.86. The number of hydrogen-bond donors (Lipinski definition) is 1. The third-order valence-electron chi connectivity index (χ3n) is 5.06. The van der Waals surface area contributed by atoms with Crippen molar-refractivity contribution in [2.75, 3.05) is 18.4 Å². The zero-order chi connectivity index (χ0) is 19.6. The van der Waals surface area contributed by atoms with Crippen LogP contribution >= 0.6 is 0 Å². The van der Waals surface area contributed by atoms with Crippen LogP contribution in [0.1, 0.15) is 29.5 Å². The average molecular weight is 387 g/mol. The number of benzene rings is 2. The fourth-order valence-electron chi connectivity index (χ4n) is 3.34. The highest BCUT2D eigenvalue weighted by Gasteiger charge is 2.33. The first-order valence-corrected chi connectivity index (χ1v) is 10.7. The molecule has 1 fully saturated rings. The molecule has 2 aromatic rings. The van der Waals surface area contributed by atoms with Crippen LogP contribution in [0.15, 0.2) is 47.4 Å². The third-order valence-corrected chi connectivity index (χ3v) is 6.94. The molecule has 1 heterocycles. The average Bonchev–Trinajstić information content (AvgIpc) is 2.65. The Balaban J connectivity index is 1.74. The third kappa shape index (κ3) is 4.39. The van der Waals surface area contributed by atoms with Gasteiger partial charge in [0.05, 0.1) is 10.8 Å². The first kappa shape index (κ1) is 19.6. The number of carbonyl (C=O) groups excluding carboxylic acids is 1. The van der Waals surface area contributed by atoms with Crippen LogP contribution in [0, 0.1) is 26.7 Å². The lowest BCUT2D eigenvalue weighted by atomic mass is 9.98. The van der Waals surface area contributed by atoms with Gasteiger partial charge in [0.2, 0.25) is 15.9 Å². The van der Waals surface area contributed by atoms with Gasteiger partial charge in [-0.3, -0.25) is 4.79 Å². The van der Waals surface area contributed by atoms with Gasteiger partial charge in [0.25, 0.3) is 0 Å². The minimum Gasteiger partial charge on any atom is -0.326 e. The van der Waals surface area contributed by atoms with E-state index in [0.29, 0.717) is 19.4 Å². The Hall–Kier alpha value is -2.18. The molecule has 1 aliphatic rings. The number of rotatable bonds is 4. The van der Waals surface area contributed by atoms with Crippen LogP contribution in [-0.4, -0.2) is 31.7 Å². The summed E-state index contributed by atoms with van der Waals surface area (Å²) < 4.78 is 27.3. The Labute approximate surface area is 161 Å². The number of aryl methyl sites for hydroxylation is 3. The number of sulfonamides is 1. The lowest BCUT2D eigenvalue weighted by molar-refractivity contribution is -0.120. The van der Waals surface area contributed by atoms with E-state index in [1.807, 2.05) is 39.0 Å². The van der Waals surface area contributed by atoms with Crippen LogP contribution in [0.2, 0.25) is 0 Å². The highest BCUT2D eigenvalue weighted by molar-refractivity contribution is 7.89. The molecule has 1 N–H and O–H groups in total. The van der Waals surface area contributed by atoms with Gasteiger partial charge in [-0.05, 0) is 62.9 Å². The van der Waals surface area contributed by atoms with Crippen LogP contribution in [-0.2, 0) is 14.8 Å². The maximum Gasteiger partial charge on any atom is 0.243 e.